The third-order valence-electron chi connectivity index (χ3n) is 5.70. The number of amides is 2. The van der Waals surface area contributed by atoms with Gasteiger partial charge in [-0.05, 0) is 36.4 Å². The zero-order valence-corrected chi connectivity index (χ0v) is 23.2. The van der Waals surface area contributed by atoms with Crippen LogP contribution in [0.15, 0.2) is 40.8 Å². The van der Waals surface area contributed by atoms with Crippen LogP contribution in [0.25, 0.3) is 0 Å². The summed E-state index contributed by atoms with van der Waals surface area (Å²) in [5.74, 6) is 0.523. The molecule has 2 aromatic heterocycles. The van der Waals surface area contributed by atoms with Gasteiger partial charge in [0.25, 0.3) is 11.8 Å². The van der Waals surface area contributed by atoms with Gasteiger partial charge in [0, 0.05) is 49.4 Å². The van der Waals surface area contributed by atoms with Crippen molar-refractivity contribution >= 4 is 75.3 Å². The highest BCUT2D eigenvalue weighted by molar-refractivity contribution is 7.13. The summed E-state index contributed by atoms with van der Waals surface area (Å²) in [5, 5.41) is 8.36. The SMILES string of the molecule is COc1cc(Cl)cc(C(=O)Nc2ccc(Cl)cn2)c1NC(=O)c1scc(CN(C)C2=NCCCC2)c1Cl. The Hall–Kier alpha value is -2.85. The van der Waals surface area contributed by atoms with E-state index in [1.54, 1.807) is 12.1 Å². The fraction of sp³-hybridized carbons (Fsp3) is 0.280. The number of carbonyl (C=O) groups is 2. The van der Waals surface area contributed by atoms with Crippen LogP contribution < -0.4 is 15.4 Å². The molecule has 0 fully saturated rings. The van der Waals surface area contributed by atoms with Gasteiger partial charge in [-0.3, -0.25) is 14.6 Å². The molecule has 0 saturated heterocycles. The Bertz CT molecular complexity index is 1340. The van der Waals surface area contributed by atoms with E-state index in [9.17, 15) is 9.59 Å². The monoisotopic (exact) mass is 579 g/mol. The van der Waals surface area contributed by atoms with Gasteiger partial charge in [0.2, 0.25) is 0 Å². The average molecular weight is 581 g/mol. The Labute approximate surface area is 233 Å². The van der Waals surface area contributed by atoms with Crippen molar-refractivity contribution in [1.82, 2.24) is 9.88 Å². The van der Waals surface area contributed by atoms with Crippen LogP contribution in [0, 0.1) is 0 Å². The molecule has 1 aromatic carbocycles. The highest BCUT2D eigenvalue weighted by Crippen LogP contribution is 2.35. The Balaban J connectivity index is 1.57. The van der Waals surface area contributed by atoms with Crippen molar-refractivity contribution in [1.29, 1.82) is 0 Å². The van der Waals surface area contributed by atoms with Crippen LogP contribution >= 0.6 is 46.1 Å². The summed E-state index contributed by atoms with van der Waals surface area (Å²) >= 11 is 19.9. The van der Waals surface area contributed by atoms with Crippen molar-refractivity contribution in [2.45, 2.75) is 25.8 Å². The minimum Gasteiger partial charge on any atom is -0.494 e. The molecule has 3 heterocycles. The van der Waals surface area contributed by atoms with E-state index >= 15 is 0 Å². The predicted molar refractivity (Wildman–Crippen MR) is 150 cm³/mol. The van der Waals surface area contributed by atoms with E-state index in [1.807, 2.05) is 12.4 Å². The van der Waals surface area contributed by atoms with Gasteiger partial charge < -0.3 is 20.3 Å². The van der Waals surface area contributed by atoms with Crippen LogP contribution in [-0.2, 0) is 6.54 Å². The Morgan fingerprint density at radius 1 is 1.11 bits per heavy atom. The lowest BCUT2D eigenvalue weighted by Crippen LogP contribution is -2.28. The maximum absolute atomic E-state index is 13.3. The second-order valence-corrected chi connectivity index (χ2v) is 10.4. The van der Waals surface area contributed by atoms with E-state index in [2.05, 4.69) is 25.5 Å². The first-order valence-electron chi connectivity index (χ1n) is 11.4. The lowest BCUT2D eigenvalue weighted by molar-refractivity contribution is 0.102. The molecule has 0 aliphatic carbocycles. The normalized spacial score (nSPS) is 13.1. The Morgan fingerprint density at radius 3 is 2.59 bits per heavy atom. The molecule has 37 heavy (non-hydrogen) atoms. The van der Waals surface area contributed by atoms with E-state index in [4.69, 9.17) is 39.5 Å². The highest BCUT2D eigenvalue weighted by Gasteiger charge is 2.24. The molecule has 1 aliphatic heterocycles. The van der Waals surface area contributed by atoms with Gasteiger partial charge in [0.15, 0.2) is 0 Å². The van der Waals surface area contributed by atoms with E-state index in [1.165, 1.54) is 36.8 Å². The minimum absolute atomic E-state index is 0.0948. The smallest absolute Gasteiger partial charge is 0.267 e. The number of anilines is 2. The van der Waals surface area contributed by atoms with Crippen LogP contribution in [0.5, 0.6) is 5.75 Å². The standard InChI is InChI=1S/C25H24Cl3N5O3S/c1-33(20-5-3-4-8-29-20)12-14-13-37-23(21(14)28)25(35)32-22-17(9-16(27)10-18(22)36-2)24(34)31-19-7-6-15(26)11-30-19/h6-7,9-11,13H,3-5,8,12H2,1-2H3,(H,32,35)(H,30,31,34). The number of amidine groups is 1. The number of nitrogens with one attached hydrogen (secondary N) is 2. The minimum atomic E-state index is -0.543. The summed E-state index contributed by atoms with van der Waals surface area (Å²) in [7, 11) is 3.39. The van der Waals surface area contributed by atoms with Gasteiger partial charge >= 0.3 is 0 Å². The topological polar surface area (TPSA) is 95.9 Å². The second kappa shape index (κ2) is 12.1. The molecule has 12 heteroatoms. The van der Waals surface area contributed by atoms with Gasteiger partial charge in [-0.15, -0.1) is 11.3 Å². The number of benzene rings is 1. The molecule has 0 radical (unpaired) electrons. The van der Waals surface area contributed by atoms with Crippen LogP contribution in [0.4, 0.5) is 11.5 Å². The maximum Gasteiger partial charge on any atom is 0.267 e. The van der Waals surface area contributed by atoms with Crippen molar-refractivity contribution in [2.75, 3.05) is 31.3 Å². The van der Waals surface area contributed by atoms with Gasteiger partial charge in [0.05, 0.1) is 34.2 Å². The number of methoxy groups -OCH3 is 1. The van der Waals surface area contributed by atoms with E-state index in [-0.39, 0.29) is 27.8 Å². The number of hydrogen-bond donors (Lipinski definition) is 2. The van der Waals surface area contributed by atoms with Crippen molar-refractivity contribution in [2.24, 2.45) is 4.99 Å². The third kappa shape index (κ3) is 6.54. The molecule has 2 N–H and O–H groups in total. The molecule has 194 valence electrons. The first-order chi connectivity index (χ1) is 17.8. The van der Waals surface area contributed by atoms with E-state index < -0.39 is 11.8 Å². The fourth-order valence-corrected chi connectivity index (χ4v) is 5.40. The Kier molecular flexibility index (Phi) is 8.91. The van der Waals surface area contributed by atoms with Crippen molar-refractivity contribution < 1.29 is 14.3 Å². The van der Waals surface area contributed by atoms with Gasteiger partial charge in [0.1, 0.15) is 16.4 Å². The first-order valence-corrected chi connectivity index (χ1v) is 13.4. The van der Waals surface area contributed by atoms with Crippen LogP contribution in [-0.4, -0.2) is 48.2 Å². The number of pyridine rings is 1. The Morgan fingerprint density at radius 2 is 1.92 bits per heavy atom. The zero-order valence-electron chi connectivity index (χ0n) is 20.1. The van der Waals surface area contributed by atoms with Crippen LogP contribution in [0.1, 0.15) is 44.9 Å². The molecular weight excluding hydrogens is 557 g/mol. The fourth-order valence-electron chi connectivity index (χ4n) is 3.83. The third-order valence-corrected chi connectivity index (χ3v) is 7.71. The molecule has 2 amide bonds. The summed E-state index contributed by atoms with van der Waals surface area (Å²) in [6, 6.07) is 6.10. The number of aliphatic imine (C=N–C) groups is 1. The van der Waals surface area contributed by atoms with Crippen LogP contribution in [0.3, 0.4) is 0 Å². The van der Waals surface area contributed by atoms with Gasteiger partial charge in [-0.1, -0.05) is 34.8 Å². The summed E-state index contributed by atoms with van der Waals surface area (Å²) in [6.45, 7) is 1.37. The molecule has 0 atom stereocenters. The number of halogens is 3. The predicted octanol–water partition coefficient (Wildman–Crippen LogP) is 6.63. The molecule has 8 nitrogen and oxygen atoms in total. The average Bonchev–Trinajstić information content (AvgIpc) is 3.26. The molecule has 1 aliphatic rings. The summed E-state index contributed by atoms with van der Waals surface area (Å²) in [5.41, 5.74) is 1.07. The molecule has 0 bridgehead atoms. The number of ether oxygens (including phenoxy) is 1. The van der Waals surface area contributed by atoms with Crippen molar-refractivity contribution in [3.8, 4) is 5.75 Å². The van der Waals surface area contributed by atoms with E-state index in [0.29, 0.717) is 21.5 Å². The van der Waals surface area contributed by atoms with Crippen molar-refractivity contribution in [3.63, 3.8) is 0 Å². The number of nitrogens with zero attached hydrogens (tertiary/aromatic N) is 3. The summed E-state index contributed by atoms with van der Waals surface area (Å²) in [6.07, 6.45) is 4.55. The van der Waals surface area contributed by atoms with E-state index in [0.717, 1.165) is 37.2 Å². The van der Waals surface area contributed by atoms with Crippen molar-refractivity contribution in [3.05, 3.63) is 66.9 Å². The number of carbonyl (C=O) groups excluding carboxylic acids is 2. The molecule has 0 saturated carbocycles. The lowest BCUT2D eigenvalue weighted by atomic mass is 10.1. The quantitative estimate of drug-likeness (QED) is 0.327. The highest BCUT2D eigenvalue weighted by atomic mass is 35.5. The van der Waals surface area contributed by atoms with Gasteiger partial charge in [-0.2, -0.15) is 0 Å². The molecule has 3 aromatic rings. The molecule has 0 unspecified atom stereocenters. The second-order valence-electron chi connectivity index (χ2n) is 8.32. The largest absolute Gasteiger partial charge is 0.494 e. The number of rotatable bonds is 7. The van der Waals surface area contributed by atoms with Crippen LogP contribution in [0.2, 0.25) is 15.1 Å². The van der Waals surface area contributed by atoms with Gasteiger partial charge in [-0.25, -0.2) is 4.98 Å². The first kappa shape index (κ1) is 27.2. The number of thiophene rings is 1. The lowest BCUT2D eigenvalue weighted by Gasteiger charge is -2.23. The summed E-state index contributed by atoms with van der Waals surface area (Å²) in [4.78, 5) is 37.4. The number of aromatic nitrogens is 1. The summed E-state index contributed by atoms with van der Waals surface area (Å²) < 4.78 is 5.41. The number of hydrogen-bond acceptors (Lipinski definition) is 7. The molecule has 0 spiro atoms. The molecule has 4 rings (SSSR count). The molecular formula is C25H24Cl3N5O3S. The maximum atomic E-state index is 13.3. The zero-order chi connectivity index (χ0) is 26.5.